The van der Waals surface area contributed by atoms with Crippen molar-refractivity contribution in [2.75, 3.05) is 6.54 Å². The average Bonchev–Trinajstić information content (AvgIpc) is 3.16. The molecule has 0 bridgehead atoms. The van der Waals surface area contributed by atoms with E-state index in [2.05, 4.69) is 17.4 Å². The summed E-state index contributed by atoms with van der Waals surface area (Å²) in [5.74, 6) is -0.0572. The molecule has 0 spiro atoms. The molecule has 0 aliphatic rings. The molecule has 1 N–H and O–H groups in total. The molecule has 1 aromatic heterocycles. The number of amides is 1. The molecule has 2 aromatic carbocycles. The lowest BCUT2D eigenvalue weighted by molar-refractivity contribution is -0.116. The van der Waals surface area contributed by atoms with Crippen LogP contribution in [-0.2, 0) is 11.2 Å². The number of carbonyl (C=O) groups is 1. The lowest BCUT2D eigenvalue weighted by atomic mass is 10.0. The lowest BCUT2D eigenvalue weighted by Gasteiger charge is -2.07. The van der Waals surface area contributed by atoms with Gasteiger partial charge in [-0.05, 0) is 29.0 Å². The Morgan fingerprint density at radius 3 is 2.29 bits per heavy atom. The van der Waals surface area contributed by atoms with Crippen LogP contribution in [0, 0.1) is 0 Å². The van der Waals surface area contributed by atoms with E-state index in [-0.39, 0.29) is 5.91 Å². The van der Waals surface area contributed by atoms with E-state index < -0.39 is 0 Å². The first kappa shape index (κ1) is 16.2. The van der Waals surface area contributed by atoms with Gasteiger partial charge in [-0.25, -0.2) is 0 Å². The predicted molar refractivity (Wildman–Crippen MR) is 101 cm³/mol. The Morgan fingerprint density at radius 1 is 0.917 bits per heavy atom. The first-order valence-electron chi connectivity index (χ1n) is 7.96. The molecule has 0 unspecified atom stereocenters. The Hall–Kier alpha value is -2.65. The van der Waals surface area contributed by atoms with Crippen molar-refractivity contribution in [3.05, 3.63) is 100 Å². The van der Waals surface area contributed by atoms with E-state index in [9.17, 15) is 4.79 Å². The SMILES string of the molecule is O=C(C=C(c1ccccc1)c1cccs1)NCCc1ccccc1. The molecule has 0 saturated heterocycles. The van der Waals surface area contributed by atoms with E-state index in [1.165, 1.54) is 5.56 Å². The molecule has 0 fully saturated rings. The lowest BCUT2D eigenvalue weighted by Crippen LogP contribution is -2.24. The van der Waals surface area contributed by atoms with Crippen LogP contribution in [0.2, 0.25) is 0 Å². The standard InChI is InChI=1S/C21H19NOS/c23-21(22-14-13-17-8-3-1-4-9-17)16-19(20-12-7-15-24-20)18-10-5-2-6-11-18/h1-12,15-16H,13-14H2,(H,22,23). The monoisotopic (exact) mass is 333 g/mol. The molecule has 1 heterocycles. The molecule has 0 radical (unpaired) electrons. The van der Waals surface area contributed by atoms with Crippen molar-refractivity contribution in [2.45, 2.75) is 6.42 Å². The van der Waals surface area contributed by atoms with Gasteiger partial charge >= 0.3 is 0 Å². The maximum absolute atomic E-state index is 12.3. The Labute approximate surface area is 146 Å². The molecular formula is C21H19NOS. The van der Waals surface area contributed by atoms with Gasteiger partial charge in [0, 0.05) is 23.1 Å². The highest BCUT2D eigenvalue weighted by Gasteiger charge is 2.08. The minimum atomic E-state index is -0.0572. The van der Waals surface area contributed by atoms with Gasteiger partial charge in [-0.1, -0.05) is 66.7 Å². The van der Waals surface area contributed by atoms with Crippen molar-refractivity contribution in [1.82, 2.24) is 5.32 Å². The van der Waals surface area contributed by atoms with Crippen LogP contribution in [0.1, 0.15) is 16.0 Å². The van der Waals surface area contributed by atoms with E-state index in [1.807, 2.05) is 66.0 Å². The van der Waals surface area contributed by atoms with Crippen LogP contribution in [0.4, 0.5) is 0 Å². The topological polar surface area (TPSA) is 29.1 Å². The first-order chi connectivity index (χ1) is 11.8. The van der Waals surface area contributed by atoms with Crippen LogP contribution >= 0.6 is 11.3 Å². The summed E-state index contributed by atoms with van der Waals surface area (Å²) in [4.78, 5) is 13.4. The van der Waals surface area contributed by atoms with Crippen LogP contribution in [0.25, 0.3) is 5.57 Å². The van der Waals surface area contributed by atoms with Crippen LogP contribution in [-0.4, -0.2) is 12.5 Å². The predicted octanol–water partition coefficient (Wildman–Crippen LogP) is 4.54. The van der Waals surface area contributed by atoms with Crippen LogP contribution in [0.3, 0.4) is 0 Å². The number of benzene rings is 2. The van der Waals surface area contributed by atoms with Crippen LogP contribution < -0.4 is 5.32 Å². The van der Waals surface area contributed by atoms with Crippen molar-refractivity contribution < 1.29 is 4.79 Å². The summed E-state index contributed by atoms with van der Waals surface area (Å²) in [6.07, 6.45) is 2.53. The summed E-state index contributed by atoms with van der Waals surface area (Å²) in [6.45, 7) is 0.631. The molecule has 3 heteroatoms. The number of hydrogen-bond donors (Lipinski definition) is 1. The molecule has 0 aliphatic carbocycles. The summed E-state index contributed by atoms with van der Waals surface area (Å²) >= 11 is 1.64. The maximum Gasteiger partial charge on any atom is 0.244 e. The van der Waals surface area contributed by atoms with E-state index in [4.69, 9.17) is 0 Å². The van der Waals surface area contributed by atoms with Crippen LogP contribution in [0.5, 0.6) is 0 Å². The van der Waals surface area contributed by atoms with E-state index in [0.29, 0.717) is 6.54 Å². The molecule has 120 valence electrons. The van der Waals surface area contributed by atoms with Gasteiger partial charge in [0.1, 0.15) is 0 Å². The van der Waals surface area contributed by atoms with Crippen molar-refractivity contribution in [3.63, 3.8) is 0 Å². The zero-order valence-electron chi connectivity index (χ0n) is 13.3. The summed E-state index contributed by atoms with van der Waals surface area (Å²) in [6, 6.07) is 24.2. The van der Waals surface area contributed by atoms with E-state index in [0.717, 1.165) is 22.4 Å². The summed E-state index contributed by atoms with van der Waals surface area (Å²) in [5, 5.41) is 5.01. The number of thiophene rings is 1. The third kappa shape index (κ3) is 4.43. The van der Waals surface area contributed by atoms with Crippen molar-refractivity contribution >= 4 is 22.8 Å². The van der Waals surface area contributed by atoms with Gasteiger partial charge in [-0.3, -0.25) is 4.79 Å². The molecule has 0 saturated carbocycles. The normalized spacial score (nSPS) is 11.2. The zero-order valence-corrected chi connectivity index (χ0v) is 14.1. The second-order valence-corrected chi connectivity index (χ2v) is 6.38. The second kappa shape index (κ2) is 8.27. The molecule has 0 atom stereocenters. The van der Waals surface area contributed by atoms with Gasteiger partial charge in [0.05, 0.1) is 0 Å². The molecule has 1 amide bonds. The minimum Gasteiger partial charge on any atom is -0.352 e. The average molecular weight is 333 g/mol. The molecule has 24 heavy (non-hydrogen) atoms. The number of rotatable bonds is 6. The van der Waals surface area contributed by atoms with Gasteiger partial charge in [-0.15, -0.1) is 11.3 Å². The Balaban J connectivity index is 1.69. The highest BCUT2D eigenvalue weighted by Crippen LogP contribution is 2.26. The fraction of sp³-hybridized carbons (Fsp3) is 0.0952. The van der Waals surface area contributed by atoms with Gasteiger partial charge in [0.2, 0.25) is 5.91 Å². The highest BCUT2D eigenvalue weighted by atomic mass is 32.1. The Kier molecular flexibility index (Phi) is 5.59. The fourth-order valence-electron chi connectivity index (χ4n) is 2.50. The molecule has 2 nitrogen and oxygen atoms in total. The Morgan fingerprint density at radius 2 is 1.62 bits per heavy atom. The molecule has 0 aliphatic heterocycles. The van der Waals surface area contributed by atoms with Gasteiger partial charge in [0.15, 0.2) is 0 Å². The van der Waals surface area contributed by atoms with Gasteiger partial charge in [-0.2, -0.15) is 0 Å². The minimum absolute atomic E-state index is 0.0572. The number of hydrogen-bond acceptors (Lipinski definition) is 2. The van der Waals surface area contributed by atoms with Crippen molar-refractivity contribution in [1.29, 1.82) is 0 Å². The van der Waals surface area contributed by atoms with Crippen molar-refractivity contribution in [3.8, 4) is 0 Å². The largest absolute Gasteiger partial charge is 0.352 e. The number of nitrogens with one attached hydrogen (secondary N) is 1. The summed E-state index contributed by atoms with van der Waals surface area (Å²) < 4.78 is 0. The van der Waals surface area contributed by atoms with Crippen molar-refractivity contribution in [2.24, 2.45) is 0 Å². The molecule has 3 rings (SSSR count). The third-order valence-corrected chi connectivity index (χ3v) is 4.61. The first-order valence-corrected chi connectivity index (χ1v) is 8.83. The smallest absolute Gasteiger partial charge is 0.244 e. The third-order valence-electron chi connectivity index (χ3n) is 3.70. The Bertz CT molecular complexity index is 792. The van der Waals surface area contributed by atoms with Crippen LogP contribution in [0.15, 0.2) is 84.3 Å². The fourth-order valence-corrected chi connectivity index (χ4v) is 3.27. The second-order valence-electron chi connectivity index (χ2n) is 5.43. The maximum atomic E-state index is 12.3. The van der Waals surface area contributed by atoms with E-state index >= 15 is 0 Å². The van der Waals surface area contributed by atoms with Gasteiger partial charge < -0.3 is 5.32 Å². The molecule has 3 aromatic rings. The summed E-state index contributed by atoms with van der Waals surface area (Å²) in [7, 11) is 0. The zero-order chi connectivity index (χ0) is 16.6. The summed E-state index contributed by atoms with van der Waals surface area (Å²) in [5.41, 5.74) is 3.24. The van der Waals surface area contributed by atoms with E-state index in [1.54, 1.807) is 17.4 Å². The molecular weight excluding hydrogens is 314 g/mol. The quantitative estimate of drug-likeness (QED) is 0.659. The van der Waals surface area contributed by atoms with Gasteiger partial charge in [0.25, 0.3) is 0 Å². The highest BCUT2D eigenvalue weighted by molar-refractivity contribution is 7.11. The number of carbonyl (C=O) groups excluding carboxylic acids is 1.